The Hall–Kier alpha value is -1.76. The van der Waals surface area contributed by atoms with Crippen LogP contribution in [0.25, 0.3) is 0 Å². The predicted octanol–water partition coefficient (Wildman–Crippen LogP) is 3.98. The third kappa shape index (κ3) is 7.23. The number of ether oxygens (including phenoxy) is 1. The normalized spacial score (nSPS) is 12.9. The van der Waals surface area contributed by atoms with E-state index in [1.807, 2.05) is 4.90 Å². The quantitative estimate of drug-likeness (QED) is 0.652. The number of rotatable bonds is 11. The van der Waals surface area contributed by atoms with Gasteiger partial charge in [0.25, 0.3) is 0 Å². The van der Waals surface area contributed by atoms with Crippen molar-refractivity contribution < 1.29 is 23.0 Å². The summed E-state index contributed by atoms with van der Waals surface area (Å²) in [6.45, 7) is 6.05. The van der Waals surface area contributed by atoms with Crippen LogP contribution in [-0.2, 0) is 17.9 Å². The molecule has 0 saturated carbocycles. The Bertz CT molecular complexity index is 647. The molecule has 1 atom stereocenters. The highest BCUT2D eigenvalue weighted by molar-refractivity contribution is 5.18. The highest BCUT2D eigenvalue weighted by Gasteiger charge is 2.15. The Kier molecular flexibility index (Phi) is 8.22. The smallest absolute Gasteiger partial charge is 0.130 e. The first-order valence-corrected chi connectivity index (χ1v) is 8.88. The van der Waals surface area contributed by atoms with Gasteiger partial charge in [-0.1, -0.05) is 19.9 Å². The van der Waals surface area contributed by atoms with Gasteiger partial charge >= 0.3 is 0 Å². The van der Waals surface area contributed by atoms with Crippen LogP contribution in [0.1, 0.15) is 31.6 Å². The van der Waals surface area contributed by atoms with E-state index in [4.69, 9.17) is 9.15 Å². The second-order valence-electron chi connectivity index (χ2n) is 6.90. The second kappa shape index (κ2) is 10.4. The van der Waals surface area contributed by atoms with Crippen LogP contribution in [0.5, 0.6) is 0 Å². The number of aliphatic hydroxyl groups excluding tert-OH is 1. The monoisotopic (exact) mass is 367 g/mol. The second-order valence-corrected chi connectivity index (χ2v) is 6.90. The minimum Gasteiger partial charge on any atom is -0.467 e. The van der Waals surface area contributed by atoms with Crippen molar-refractivity contribution in [1.29, 1.82) is 0 Å². The van der Waals surface area contributed by atoms with E-state index in [0.29, 0.717) is 43.5 Å². The topological polar surface area (TPSA) is 45.8 Å². The number of nitrogens with zero attached hydrogens (tertiary/aromatic N) is 1. The third-order valence-corrected chi connectivity index (χ3v) is 4.04. The lowest BCUT2D eigenvalue weighted by Crippen LogP contribution is -2.36. The molecule has 2 aromatic rings. The van der Waals surface area contributed by atoms with E-state index >= 15 is 0 Å². The maximum absolute atomic E-state index is 13.9. The molecule has 2 rings (SSSR count). The molecule has 1 N–H and O–H groups in total. The van der Waals surface area contributed by atoms with Crippen molar-refractivity contribution in [3.05, 3.63) is 59.6 Å². The van der Waals surface area contributed by atoms with Gasteiger partial charge in [-0.2, -0.15) is 0 Å². The largest absolute Gasteiger partial charge is 0.467 e. The standard InChI is InChI=1S/C20H27F2NO3/c1-15(2)7-8-23(11-16-5-6-17(21)10-20(16)22)12-18(24)13-25-14-19-4-3-9-26-19/h3-6,9-10,15,18,24H,7-8,11-14H2,1-2H3/t18-/m0/s1. The molecule has 0 spiro atoms. The predicted molar refractivity (Wildman–Crippen MR) is 95.5 cm³/mol. The average Bonchev–Trinajstić information content (AvgIpc) is 3.08. The summed E-state index contributed by atoms with van der Waals surface area (Å²) in [4.78, 5) is 1.97. The van der Waals surface area contributed by atoms with Crippen LogP contribution in [0, 0.1) is 17.6 Å². The van der Waals surface area contributed by atoms with Crippen LogP contribution in [-0.4, -0.2) is 35.8 Å². The molecule has 0 bridgehead atoms. The molecule has 0 saturated heterocycles. The van der Waals surface area contributed by atoms with Crippen molar-refractivity contribution in [2.24, 2.45) is 5.92 Å². The number of halogens is 2. The lowest BCUT2D eigenvalue weighted by molar-refractivity contribution is 0.00311. The van der Waals surface area contributed by atoms with E-state index < -0.39 is 17.7 Å². The fraction of sp³-hybridized carbons (Fsp3) is 0.500. The molecular formula is C20H27F2NO3. The van der Waals surface area contributed by atoms with E-state index in [-0.39, 0.29) is 6.61 Å². The van der Waals surface area contributed by atoms with Gasteiger partial charge in [0.2, 0.25) is 0 Å². The number of aliphatic hydroxyl groups is 1. The molecule has 0 unspecified atom stereocenters. The van der Waals surface area contributed by atoms with Gasteiger partial charge in [-0.25, -0.2) is 8.78 Å². The molecule has 6 heteroatoms. The summed E-state index contributed by atoms with van der Waals surface area (Å²) in [7, 11) is 0. The zero-order chi connectivity index (χ0) is 18.9. The molecule has 0 aliphatic heterocycles. The summed E-state index contributed by atoms with van der Waals surface area (Å²) >= 11 is 0. The number of hydrogen-bond acceptors (Lipinski definition) is 4. The maximum Gasteiger partial charge on any atom is 0.130 e. The van der Waals surface area contributed by atoms with Crippen LogP contribution in [0.3, 0.4) is 0 Å². The van der Waals surface area contributed by atoms with Crippen LogP contribution in [0.15, 0.2) is 41.0 Å². The Balaban J connectivity index is 1.88. The molecule has 26 heavy (non-hydrogen) atoms. The average molecular weight is 367 g/mol. The lowest BCUT2D eigenvalue weighted by Gasteiger charge is -2.26. The SMILES string of the molecule is CC(C)CCN(Cc1ccc(F)cc1F)C[C@H](O)COCc1ccco1. The molecule has 0 aliphatic carbocycles. The van der Waals surface area contributed by atoms with Gasteiger partial charge in [-0.3, -0.25) is 4.90 Å². The highest BCUT2D eigenvalue weighted by Crippen LogP contribution is 2.14. The van der Waals surface area contributed by atoms with E-state index in [9.17, 15) is 13.9 Å². The molecule has 0 amide bonds. The van der Waals surface area contributed by atoms with Gasteiger partial charge in [0.1, 0.15) is 24.0 Å². The molecule has 0 fully saturated rings. The van der Waals surface area contributed by atoms with Crippen LogP contribution < -0.4 is 0 Å². The van der Waals surface area contributed by atoms with Gasteiger partial charge < -0.3 is 14.3 Å². The maximum atomic E-state index is 13.9. The molecule has 1 aromatic heterocycles. The molecule has 1 heterocycles. The van der Waals surface area contributed by atoms with Gasteiger partial charge in [0.15, 0.2) is 0 Å². The first-order valence-electron chi connectivity index (χ1n) is 8.88. The van der Waals surface area contributed by atoms with Crippen LogP contribution in [0.4, 0.5) is 8.78 Å². The van der Waals surface area contributed by atoms with E-state index in [0.717, 1.165) is 12.5 Å². The van der Waals surface area contributed by atoms with Gasteiger partial charge in [0.05, 0.1) is 19.0 Å². The Morgan fingerprint density at radius 2 is 2.04 bits per heavy atom. The molecule has 144 valence electrons. The van der Waals surface area contributed by atoms with Crippen molar-refractivity contribution in [1.82, 2.24) is 4.90 Å². The lowest BCUT2D eigenvalue weighted by atomic mass is 10.1. The summed E-state index contributed by atoms with van der Waals surface area (Å²) in [5.74, 6) is 0.0274. The molecule has 4 nitrogen and oxygen atoms in total. The fourth-order valence-corrected chi connectivity index (χ4v) is 2.61. The van der Waals surface area contributed by atoms with Crippen molar-refractivity contribution in [2.45, 2.75) is 39.5 Å². The van der Waals surface area contributed by atoms with Crippen molar-refractivity contribution in [2.75, 3.05) is 19.7 Å². The number of hydrogen-bond donors (Lipinski definition) is 1. The van der Waals surface area contributed by atoms with E-state index in [1.165, 1.54) is 12.1 Å². The first kappa shape index (κ1) is 20.6. The third-order valence-electron chi connectivity index (χ3n) is 4.04. The van der Waals surface area contributed by atoms with Crippen molar-refractivity contribution in [3.63, 3.8) is 0 Å². The minimum absolute atomic E-state index is 0.158. The van der Waals surface area contributed by atoms with Crippen LogP contribution >= 0.6 is 0 Å². The number of furan rings is 1. The summed E-state index contributed by atoms with van der Waals surface area (Å²) in [6, 6.07) is 7.17. The summed E-state index contributed by atoms with van der Waals surface area (Å²) in [5.41, 5.74) is 0.416. The summed E-state index contributed by atoms with van der Waals surface area (Å²) < 4.78 is 37.7. The Morgan fingerprint density at radius 1 is 1.23 bits per heavy atom. The molecule has 1 aromatic carbocycles. The molecule has 0 aliphatic rings. The van der Waals surface area contributed by atoms with Crippen molar-refractivity contribution in [3.8, 4) is 0 Å². The Morgan fingerprint density at radius 3 is 2.69 bits per heavy atom. The molecule has 0 radical (unpaired) electrons. The van der Waals surface area contributed by atoms with Crippen molar-refractivity contribution >= 4 is 0 Å². The summed E-state index contributed by atoms with van der Waals surface area (Å²) in [6.07, 6.45) is 1.78. The van der Waals surface area contributed by atoms with E-state index in [2.05, 4.69) is 13.8 Å². The molecular weight excluding hydrogens is 340 g/mol. The zero-order valence-corrected chi connectivity index (χ0v) is 15.3. The highest BCUT2D eigenvalue weighted by atomic mass is 19.1. The number of benzene rings is 1. The van der Waals surface area contributed by atoms with Gasteiger partial charge in [0, 0.05) is 24.7 Å². The van der Waals surface area contributed by atoms with Gasteiger partial charge in [-0.15, -0.1) is 0 Å². The van der Waals surface area contributed by atoms with Gasteiger partial charge in [-0.05, 0) is 37.1 Å². The van der Waals surface area contributed by atoms with Crippen LogP contribution in [0.2, 0.25) is 0 Å². The summed E-state index contributed by atoms with van der Waals surface area (Å²) in [5, 5.41) is 10.3. The fourth-order valence-electron chi connectivity index (χ4n) is 2.61. The first-order chi connectivity index (χ1) is 12.4. The Labute approximate surface area is 153 Å². The van der Waals surface area contributed by atoms with E-state index in [1.54, 1.807) is 18.4 Å². The zero-order valence-electron chi connectivity index (χ0n) is 15.3. The minimum atomic E-state index is -0.708.